The molecule has 0 atom stereocenters. The van der Waals surface area contributed by atoms with Gasteiger partial charge in [-0.2, -0.15) is 0 Å². The molecule has 1 saturated carbocycles. The van der Waals surface area contributed by atoms with Crippen molar-refractivity contribution in [2.24, 2.45) is 16.6 Å². The minimum Gasteiger partial charge on any atom is -0.368 e. The minimum atomic E-state index is -0.451. The number of hydrogen-bond acceptors (Lipinski definition) is 3. The van der Waals surface area contributed by atoms with E-state index in [0.717, 1.165) is 45.4 Å². The molecular weight excluding hydrogens is 238 g/mol. The van der Waals surface area contributed by atoms with Crippen molar-refractivity contribution in [1.82, 2.24) is 10.2 Å². The van der Waals surface area contributed by atoms with E-state index >= 15 is 0 Å². The molecule has 1 amide bonds. The maximum absolute atomic E-state index is 12.3. The maximum atomic E-state index is 12.3. The van der Waals surface area contributed by atoms with E-state index in [9.17, 15) is 4.79 Å². The zero-order valence-electron chi connectivity index (χ0n) is 12.9. The summed E-state index contributed by atoms with van der Waals surface area (Å²) in [5.41, 5.74) is 5.76. The molecule has 1 saturated heterocycles. The molecule has 0 aromatic heterocycles. The van der Waals surface area contributed by atoms with E-state index in [2.05, 4.69) is 37.9 Å². The molecule has 2 rings (SSSR count). The molecule has 4 heteroatoms. The lowest BCUT2D eigenvalue weighted by Crippen LogP contribution is -2.66. The average Bonchev–Trinajstić information content (AvgIpc) is 2.25. The summed E-state index contributed by atoms with van der Waals surface area (Å²) in [6.45, 7) is 12.8. The van der Waals surface area contributed by atoms with Gasteiger partial charge in [-0.3, -0.25) is 9.69 Å². The highest BCUT2D eigenvalue weighted by molar-refractivity contribution is 5.85. The SMILES string of the molecule is CC1(C)CC(C)(C)CC(C(N)=O)(N2CCNCC2)C1. The van der Waals surface area contributed by atoms with Crippen LogP contribution < -0.4 is 11.1 Å². The van der Waals surface area contributed by atoms with Crippen molar-refractivity contribution in [3.63, 3.8) is 0 Å². The summed E-state index contributed by atoms with van der Waals surface area (Å²) in [7, 11) is 0. The number of nitrogens with zero attached hydrogens (tertiary/aromatic N) is 1. The molecule has 1 aliphatic carbocycles. The third kappa shape index (κ3) is 2.95. The maximum Gasteiger partial charge on any atom is 0.237 e. The molecule has 0 spiro atoms. The van der Waals surface area contributed by atoms with Gasteiger partial charge in [0.2, 0.25) is 5.91 Å². The summed E-state index contributed by atoms with van der Waals surface area (Å²) >= 11 is 0. The van der Waals surface area contributed by atoms with Gasteiger partial charge in [0, 0.05) is 26.2 Å². The first-order chi connectivity index (χ1) is 8.67. The number of carbonyl (C=O) groups excluding carboxylic acids is 1. The number of carbonyl (C=O) groups is 1. The molecule has 2 fully saturated rings. The van der Waals surface area contributed by atoms with Crippen molar-refractivity contribution >= 4 is 5.91 Å². The van der Waals surface area contributed by atoms with Crippen molar-refractivity contribution in [2.45, 2.75) is 52.5 Å². The fourth-order valence-electron chi connectivity index (χ4n) is 4.71. The van der Waals surface area contributed by atoms with E-state index in [4.69, 9.17) is 5.73 Å². The van der Waals surface area contributed by atoms with E-state index in [1.165, 1.54) is 0 Å². The van der Waals surface area contributed by atoms with Crippen molar-refractivity contribution in [2.75, 3.05) is 26.2 Å². The number of primary amides is 1. The monoisotopic (exact) mass is 267 g/mol. The third-order valence-corrected chi connectivity index (χ3v) is 4.68. The van der Waals surface area contributed by atoms with Crippen LogP contribution in [-0.4, -0.2) is 42.5 Å². The van der Waals surface area contributed by atoms with Crippen LogP contribution in [0.1, 0.15) is 47.0 Å². The summed E-state index contributed by atoms with van der Waals surface area (Å²) in [4.78, 5) is 14.7. The highest BCUT2D eigenvalue weighted by Crippen LogP contribution is 2.52. The Morgan fingerprint density at radius 1 is 1.00 bits per heavy atom. The Labute approximate surface area is 117 Å². The Balaban J connectivity index is 2.34. The quantitative estimate of drug-likeness (QED) is 0.794. The summed E-state index contributed by atoms with van der Waals surface area (Å²) in [5, 5.41) is 3.36. The van der Waals surface area contributed by atoms with Gasteiger partial charge in [0.15, 0.2) is 0 Å². The molecule has 2 aliphatic rings. The molecular formula is C15H29N3O. The molecule has 4 nitrogen and oxygen atoms in total. The Morgan fingerprint density at radius 3 is 1.89 bits per heavy atom. The molecule has 0 aromatic rings. The van der Waals surface area contributed by atoms with Crippen LogP contribution in [0.2, 0.25) is 0 Å². The fraction of sp³-hybridized carbons (Fsp3) is 0.933. The van der Waals surface area contributed by atoms with E-state index in [0.29, 0.717) is 0 Å². The summed E-state index contributed by atoms with van der Waals surface area (Å²) in [6.07, 6.45) is 2.93. The van der Waals surface area contributed by atoms with Gasteiger partial charge in [0.1, 0.15) is 5.54 Å². The fourth-order valence-corrected chi connectivity index (χ4v) is 4.71. The summed E-state index contributed by atoms with van der Waals surface area (Å²) < 4.78 is 0. The number of amides is 1. The number of piperazine rings is 1. The molecule has 110 valence electrons. The molecule has 0 unspecified atom stereocenters. The Morgan fingerprint density at radius 2 is 1.47 bits per heavy atom. The highest BCUT2D eigenvalue weighted by atomic mass is 16.1. The zero-order chi connectivity index (χ0) is 14.3. The Kier molecular flexibility index (Phi) is 3.69. The largest absolute Gasteiger partial charge is 0.368 e. The normalized spacial score (nSPS) is 29.9. The number of rotatable bonds is 2. The highest BCUT2D eigenvalue weighted by Gasteiger charge is 2.53. The predicted molar refractivity (Wildman–Crippen MR) is 77.8 cm³/mol. The Bertz CT molecular complexity index is 340. The first-order valence-electron chi connectivity index (χ1n) is 7.43. The lowest BCUT2D eigenvalue weighted by Gasteiger charge is -2.55. The first-order valence-corrected chi connectivity index (χ1v) is 7.43. The topological polar surface area (TPSA) is 58.4 Å². The summed E-state index contributed by atoms with van der Waals surface area (Å²) in [5.74, 6) is -0.129. The van der Waals surface area contributed by atoms with Crippen LogP contribution in [0.5, 0.6) is 0 Å². The van der Waals surface area contributed by atoms with Crippen molar-refractivity contribution in [1.29, 1.82) is 0 Å². The van der Waals surface area contributed by atoms with Crippen LogP contribution in [0.4, 0.5) is 0 Å². The van der Waals surface area contributed by atoms with Crippen LogP contribution in [0.3, 0.4) is 0 Å². The predicted octanol–water partition coefficient (Wildman–Crippen LogP) is 1.35. The van der Waals surface area contributed by atoms with Gasteiger partial charge in [-0.05, 0) is 30.1 Å². The standard InChI is InChI=1S/C15H29N3O/c1-13(2)9-14(3,4)11-15(10-13,12(16)19)18-7-5-17-6-8-18/h17H,5-11H2,1-4H3,(H2,16,19). The van der Waals surface area contributed by atoms with Crippen molar-refractivity contribution in [3.8, 4) is 0 Å². The Hall–Kier alpha value is -0.610. The van der Waals surface area contributed by atoms with Crippen LogP contribution in [0, 0.1) is 10.8 Å². The van der Waals surface area contributed by atoms with Gasteiger partial charge in [0.05, 0.1) is 0 Å². The smallest absolute Gasteiger partial charge is 0.237 e. The average molecular weight is 267 g/mol. The van der Waals surface area contributed by atoms with Crippen LogP contribution in [0.15, 0.2) is 0 Å². The van der Waals surface area contributed by atoms with Crippen LogP contribution >= 0.6 is 0 Å². The van der Waals surface area contributed by atoms with E-state index in [1.807, 2.05) is 0 Å². The van der Waals surface area contributed by atoms with Gasteiger partial charge in [-0.25, -0.2) is 0 Å². The van der Waals surface area contributed by atoms with E-state index in [-0.39, 0.29) is 16.7 Å². The van der Waals surface area contributed by atoms with Gasteiger partial charge in [-0.15, -0.1) is 0 Å². The lowest BCUT2D eigenvalue weighted by molar-refractivity contribution is -0.142. The third-order valence-electron chi connectivity index (χ3n) is 4.68. The molecule has 1 aliphatic heterocycles. The molecule has 0 bridgehead atoms. The number of hydrogen-bond donors (Lipinski definition) is 2. The minimum absolute atomic E-state index is 0.129. The molecule has 3 N–H and O–H groups in total. The van der Waals surface area contributed by atoms with Crippen LogP contribution in [-0.2, 0) is 4.79 Å². The van der Waals surface area contributed by atoms with Crippen molar-refractivity contribution < 1.29 is 4.79 Å². The van der Waals surface area contributed by atoms with Crippen LogP contribution in [0.25, 0.3) is 0 Å². The van der Waals surface area contributed by atoms with Gasteiger partial charge in [0.25, 0.3) is 0 Å². The molecule has 0 aromatic carbocycles. The molecule has 0 radical (unpaired) electrons. The second-order valence-electron chi connectivity index (χ2n) is 7.99. The lowest BCUT2D eigenvalue weighted by atomic mass is 9.57. The second kappa shape index (κ2) is 4.74. The zero-order valence-corrected chi connectivity index (χ0v) is 12.9. The second-order valence-corrected chi connectivity index (χ2v) is 7.99. The molecule has 19 heavy (non-hydrogen) atoms. The van der Waals surface area contributed by atoms with E-state index in [1.54, 1.807) is 0 Å². The number of nitrogens with one attached hydrogen (secondary N) is 1. The first kappa shape index (κ1) is 14.8. The van der Waals surface area contributed by atoms with Crippen molar-refractivity contribution in [3.05, 3.63) is 0 Å². The van der Waals surface area contributed by atoms with Gasteiger partial charge in [-0.1, -0.05) is 27.7 Å². The number of nitrogens with two attached hydrogens (primary N) is 1. The van der Waals surface area contributed by atoms with E-state index < -0.39 is 5.54 Å². The van der Waals surface area contributed by atoms with Gasteiger partial charge >= 0.3 is 0 Å². The summed E-state index contributed by atoms with van der Waals surface area (Å²) in [6, 6.07) is 0. The van der Waals surface area contributed by atoms with Gasteiger partial charge < -0.3 is 11.1 Å². The molecule has 1 heterocycles.